The van der Waals surface area contributed by atoms with Gasteiger partial charge >= 0.3 is 6.36 Å². The molecule has 1 rings (SSSR count). The summed E-state index contributed by atoms with van der Waals surface area (Å²) in [5.41, 5.74) is 0.591. The predicted octanol–water partition coefficient (Wildman–Crippen LogP) is 3.54. The molecular weight excluding hydrogens is 247 g/mol. The van der Waals surface area contributed by atoms with E-state index in [4.69, 9.17) is 0 Å². The van der Waals surface area contributed by atoms with Crippen molar-refractivity contribution in [3.05, 3.63) is 42.5 Å². The zero-order chi connectivity index (χ0) is 13.6. The summed E-state index contributed by atoms with van der Waals surface area (Å²) in [7, 11) is 0. The van der Waals surface area contributed by atoms with Crippen LogP contribution in [-0.2, 0) is 4.79 Å². The van der Waals surface area contributed by atoms with Crippen LogP contribution in [0.25, 0.3) is 0 Å². The minimum absolute atomic E-state index is 0.321. The lowest BCUT2D eigenvalue weighted by Gasteiger charge is -2.11. The van der Waals surface area contributed by atoms with Gasteiger partial charge in [-0.2, -0.15) is 4.99 Å². The van der Waals surface area contributed by atoms with Crippen molar-refractivity contribution < 1.29 is 22.7 Å². The first-order chi connectivity index (χ1) is 8.46. The fourth-order valence-corrected chi connectivity index (χ4v) is 1.38. The Balaban J connectivity index is 2.86. The first kappa shape index (κ1) is 14.0. The Labute approximate surface area is 102 Å². The van der Waals surface area contributed by atoms with Gasteiger partial charge in [0, 0.05) is 0 Å². The Morgan fingerprint density at radius 2 is 2.00 bits per heavy atom. The van der Waals surface area contributed by atoms with E-state index < -0.39 is 12.4 Å². The van der Waals surface area contributed by atoms with Crippen LogP contribution in [0.15, 0.2) is 41.9 Å². The molecule has 0 aliphatic rings. The fraction of sp³-hybridized carbons (Fsp3) is 0.250. The molecule has 0 saturated carbocycles. The Bertz CT molecular complexity index is 447. The van der Waals surface area contributed by atoms with Gasteiger partial charge in [-0.15, -0.1) is 19.8 Å². The van der Waals surface area contributed by atoms with E-state index in [0.29, 0.717) is 12.0 Å². The number of hydrogen-bond acceptors (Lipinski definition) is 3. The molecule has 1 unspecified atom stereocenters. The van der Waals surface area contributed by atoms with Crippen molar-refractivity contribution in [2.75, 3.05) is 0 Å². The molecule has 0 N–H and O–H groups in total. The molecule has 0 fully saturated rings. The van der Waals surface area contributed by atoms with Gasteiger partial charge in [0.05, 0.1) is 6.04 Å². The van der Waals surface area contributed by atoms with Crippen molar-refractivity contribution in [3.63, 3.8) is 0 Å². The Morgan fingerprint density at radius 1 is 1.39 bits per heavy atom. The number of nitrogens with zero attached hydrogens (tertiary/aromatic N) is 1. The normalized spacial score (nSPS) is 12.4. The van der Waals surface area contributed by atoms with E-state index in [-0.39, 0.29) is 5.75 Å². The zero-order valence-corrected chi connectivity index (χ0v) is 9.28. The molecule has 18 heavy (non-hydrogen) atoms. The maximum atomic E-state index is 11.9. The molecule has 0 saturated heterocycles. The molecule has 0 heterocycles. The highest BCUT2D eigenvalue weighted by Gasteiger charge is 2.31. The van der Waals surface area contributed by atoms with E-state index >= 15 is 0 Å². The van der Waals surface area contributed by atoms with Gasteiger partial charge < -0.3 is 4.74 Å². The maximum absolute atomic E-state index is 11.9. The topological polar surface area (TPSA) is 38.7 Å². The number of alkyl halides is 3. The summed E-state index contributed by atoms with van der Waals surface area (Å²) >= 11 is 0. The molecule has 0 aromatic heterocycles. The number of carbonyl (C=O) groups excluding carboxylic acids is 1. The number of halogens is 3. The summed E-state index contributed by atoms with van der Waals surface area (Å²) in [4.78, 5) is 13.8. The van der Waals surface area contributed by atoms with Crippen LogP contribution in [-0.4, -0.2) is 12.4 Å². The van der Waals surface area contributed by atoms with Crippen LogP contribution in [0.5, 0.6) is 5.75 Å². The van der Waals surface area contributed by atoms with Gasteiger partial charge in [0.2, 0.25) is 6.08 Å². The molecule has 0 amide bonds. The quantitative estimate of drug-likeness (QED) is 0.459. The Hall–Kier alpha value is -2.07. The highest BCUT2D eigenvalue weighted by molar-refractivity contribution is 5.37. The standard InChI is InChI=1S/C12H10F3NO2/c1-2-3-11(16-8-17)9-4-6-10(7-5-9)18-12(13,14)15/h2,4-7,11H,1,3H2. The zero-order valence-electron chi connectivity index (χ0n) is 9.28. The molecule has 0 aliphatic carbocycles. The Kier molecular flexibility index (Phi) is 4.68. The van der Waals surface area contributed by atoms with Gasteiger partial charge in [-0.25, -0.2) is 4.79 Å². The lowest BCUT2D eigenvalue weighted by molar-refractivity contribution is -0.274. The second-order valence-corrected chi connectivity index (χ2v) is 3.38. The van der Waals surface area contributed by atoms with Gasteiger partial charge in [0.15, 0.2) is 0 Å². The largest absolute Gasteiger partial charge is 0.573 e. The summed E-state index contributed by atoms with van der Waals surface area (Å²) in [6.45, 7) is 3.51. The molecule has 1 aromatic carbocycles. The van der Waals surface area contributed by atoms with Crippen molar-refractivity contribution >= 4 is 6.08 Å². The third kappa shape index (κ3) is 4.43. The smallest absolute Gasteiger partial charge is 0.406 e. The summed E-state index contributed by atoms with van der Waals surface area (Å²) in [6.07, 6.45) is -1.34. The number of rotatable bonds is 5. The Morgan fingerprint density at radius 3 is 2.44 bits per heavy atom. The van der Waals surface area contributed by atoms with Gasteiger partial charge in [0.1, 0.15) is 5.75 Å². The first-order valence-electron chi connectivity index (χ1n) is 5.00. The van der Waals surface area contributed by atoms with Crippen LogP contribution >= 0.6 is 0 Å². The second-order valence-electron chi connectivity index (χ2n) is 3.38. The molecule has 0 radical (unpaired) electrons. The molecule has 96 valence electrons. The van der Waals surface area contributed by atoms with Gasteiger partial charge in [0.25, 0.3) is 0 Å². The van der Waals surface area contributed by atoms with E-state index in [1.54, 1.807) is 6.08 Å². The molecule has 0 bridgehead atoms. The fourth-order valence-electron chi connectivity index (χ4n) is 1.38. The van der Waals surface area contributed by atoms with Crippen LogP contribution in [0.3, 0.4) is 0 Å². The van der Waals surface area contributed by atoms with Crippen molar-refractivity contribution in [3.8, 4) is 5.75 Å². The number of aliphatic imine (C=N–C) groups is 1. The van der Waals surface area contributed by atoms with Gasteiger partial charge in [-0.3, -0.25) is 0 Å². The number of hydrogen-bond donors (Lipinski definition) is 0. The minimum Gasteiger partial charge on any atom is -0.406 e. The molecule has 0 spiro atoms. The summed E-state index contributed by atoms with van der Waals surface area (Å²) in [5, 5.41) is 0. The molecule has 3 nitrogen and oxygen atoms in total. The van der Waals surface area contributed by atoms with Gasteiger partial charge in [-0.05, 0) is 24.1 Å². The van der Waals surface area contributed by atoms with E-state index in [1.807, 2.05) is 0 Å². The van der Waals surface area contributed by atoms with Crippen molar-refractivity contribution in [2.45, 2.75) is 18.8 Å². The van der Waals surface area contributed by atoms with E-state index in [2.05, 4.69) is 16.3 Å². The monoisotopic (exact) mass is 257 g/mol. The predicted molar refractivity (Wildman–Crippen MR) is 58.8 cm³/mol. The van der Waals surface area contributed by atoms with Crippen LogP contribution in [0.1, 0.15) is 18.0 Å². The summed E-state index contributed by atoms with van der Waals surface area (Å²) in [6, 6.07) is 4.67. The van der Waals surface area contributed by atoms with Crippen LogP contribution < -0.4 is 4.74 Å². The molecule has 0 aliphatic heterocycles. The van der Waals surface area contributed by atoms with E-state index in [0.717, 1.165) is 0 Å². The first-order valence-corrected chi connectivity index (χ1v) is 5.00. The van der Waals surface area contributed by atoms with E-state index in [9.17, 15) is 18.0 Å². The highest BCUT2D eigenvalue weighted by atomic mass is 19.4. The molecule has 6 heteroatoms. The highest BCUT2D eigenvalue weighted by Crippen LogP contribution is 2.26. The SMILES string of the molecule is C=CCC(N=C=O)c1ccc(OC(F)(F)F)cc1. The third-order valence-corrected chi connectivity index (χ3v) is 2.10. The average molecular weight is 257 g/mol. The van der Waals surface area contributed by atoms with Crippen LogP contribution in [0, 0.1) is 0 Å². The summed E-state index contributed by atoms with van der Waals surface area (Å²) < 4.78 is 39.5. The second kappa shape index (κ2) is 6.02. The van der Waals surface area contributed by atoms with Crippen molar-refractivity contribution in [1.82, 2.24) is 0 Å². The number of benzene rings is 1. The van der Waals surface area contributed by atoms with E-state index in [1.165, 1.54) is 30.3 Å². The van der Waals surface area contributed by atoms with Crippen molar-refractivity contribution in [2.24, 2.45) is 4.99 Å². The summed E-state index contributed by atoms with van der Waals surface area (Å²) in [5.74, 6) is -0.321. The minimum atomic E-state index is -4.72. The molecule has 1 aromatic rings. The molecule has 1 atom stereocenters. The van der Waals surface area contributed by atoms with Crippen molar-refractivity contribution in [1.29, 1.82) is 0 Å². The lowest BCUT2D eigenvalue weighted by atomic mass is 10.0. The van der Waals surface area contributed by atoms with Gasteiger partial charge in [-0.1, -0.05) is 18.2 Å². The average Bonchev–Trinajstić information content (AvgIpc) is 2.28. The van der Waals surface area contributed by atoms with Crippen LogP contribution in [0.2, 0.25) is 0 Å². The number of ether oxygens (including phenoxy) is 1. The van der Waals surface area contributed by atoms with Crippen LogP contribution in [0.4, 0.5) is 13.2 Å². The maximum Gasteiger partial charge on any atom is 0.573 e. The third-order valence-electron chi connectivity index (χ3n) is 2.10. The lowest BCUT2D eigenvalue weighted by Crippen LogP contribution is -2.17. The number of isocyanates is 1. The molecular formula is C12H10F3NO2.